The summed E-state index contributed by atoms with van der Waals surface area (Å²) in [6, 6.07) is 3.95. The predicted octanol–water partition coefficient (Wildman–Crippen LogP) is 4.07. The Labute approximate surface area is 185 Å². The number of pyridine rings is 2. The van der Waals surface area contributed by atoms with Crippen molar-refractivity contribution in [3.05, 3.63) is 36.8 Å². The van der Waals surface area contributed by atoms with Crippen molar-refractivity contribution in [2.45, 2.75) is 37.4 Å². The lowest BCUT2D eigenvalue weighted by Gasteiger charge is -2.20. The number of carbonyl (C=O) groups is 1. The van der Waals surface area contributed by atoms with E-state index in [0.29, 0.717) is 0 Å². The van der Waals surface area contributed by atoms with Crippen LogP contribution in [0.5, 0.6) is 0 Å². The Morgan fingerprint density at radius 2 is 1.79 bits per heavy atom. The Morgan fingerprint density at radius 3 is 2.36 bits per heavy atom. The minimum Gasteiger partial charge on any atom is -0.340 e. The van der Waals surface area contributed by atoms with Gasteiger partial charge in [0.05, 0.1) is 46.5 Å². The lowest BCUT2D eigenvalue weighted by atomic mass is 10.2. The molecule has 1 amide bonds. The van der Waals surface area contributed by atoms with Crippen LogP contribution in [0.3, 0.4) is 0 Å². The zero-order valence-electron chi connectivity index (χ0n) is 17.7. The Morgan fingerprint density at radius 1 is 1.12 bits per heavy atom. The monoisotopic (exact) mass is 490 g/mol. The SMILES string of the molecule is CCS(=O)(=O)c1cc(N(C)C(C)=O)cnc1-c1cc2ccn(CC(F)(F)C(F)(F)F)c2cn1. The highest BCUT2D eigenvalue weighted by Crippen LogP contribution is 2.38. The van der Waals surface area contributed by atoms with Crippen LogP contribution in [-0.4, -0.2) is 53.8 Å². The van der Waals surface area contributed by atoms with Crippen LogP contribution in [0.4, 0.5) is 27.6 Å². The van der Waals surface area contributed by atoms with Crippen LogP contribution in [0.1, 0.15) is 13.8 Å². The van der Waals surface area contributed by atoms with E-state index in [1.165, 1.54) is 50.2 Å². The number of amides is 1. The molecular weight excluding hydrogens is 471 g/mol. The fourth-order valence-electron chi connectivity index (χ4n) is 3.04. The molecule has 3 aromatic rings. The molecule has 0 atom stereocenters. The highest BCUT2D eigenvalue weighted by Gasteiger charge is 2.57. The number of hydrogen-bond acceptors (Lipinski definition) is 5. The van der Waals surface area contributed by atoms with E-state index < -0.39 is 28.5 Å². The van der Waals surface area contributed by atoms with Crippen molar-refractivity contribution in [3.63, 3.8) is 0 Å². The summed E-state index contributed by atoms with van der Waals surface area (Å²) in [4.78, 5) is 20.9. The Bertz CT molecular complexity index is 1320. The first-order chi connectivity index (χ1) is 15.2. The van der Waals surface area contributed by atoms with E-state index in [0.717, 1.165) is 17.0 Å². The summed E-state index contributed by atoms with van der Waals surface area (Å²) < 4.78 is 90.8. The molecule has 0 saturated carbocycles. The largest absolute Gasteiger partial charge is 0.455 e. The van der Waals surface area contributed by atoms with Gasteiger partial charge in [-0.2, -0.15) is 22.0 Å². The van der Waals surface area contributed by atoms with Gasteiger partial charge in [0.15, 0.2) is 9.84 Å². The van der Waals surface area contributed by atoms with Gasteiger partial charge >= 0.3 is 12.1 Å². The minimum absolute atomic E-state index is 0.00973. The highest BCUT2D eigenvalue weighted by atomic mass is 32.2. The third-order valence-electron chi connectivity index (χ3n) is 5.10. The number of anilines is 1. The van der Waals surface area contributed by atoms with Gasteiger partial charge in [0.2, 0.25) is 5.91 Å². The third kappa shape index (κ3) is 4.68. The molecule has 3 aromatic heterocycles. The summed E-state index contributed by atoms with van der Waals surface area (Å²) in [7, 11) is -2.37. The van der Waals surface area contributed by atoms with E-state index in [4.69, 9.17) is 0 Å². The lowest BCUT2D eigenvalue weighted by molar-refractivity contribution is -0.286. The van der Waals surface area contributed by atoms with Gasteiger partial charge in [-0.3, -0.25) is 14.8 Å². The van der Waals surface area contributed by atoms with Gasteiger partial charge in [-0.15, -0.1) is 0 Å². The Kier molecular flexibility index (Phi) is 6.22. The van der Waals surface area contributed by atoms with Crippen molar-refractivity contribution < 1.29 is 35.2 Å². The van der Waals surface area contributed by atoms with Crippen LogP contribution < -0.4 is 4.90 Å². The van der Waals surface area contributed by atoms with Crippen LogP contribution >= 0.6 is 0 Å². The summed E-state index contributed by atoms with van der Waals surface area (Å²) in [6.07, 6.45) is -2.28. The van der Waals surface area contributed by atoms with Crippen molar-refractivity contribution in [1.82, 2.24) is 14.5 Å². The Hall–Kier alpha value is -3.09. The smallest absolute Gasteiger partial charge is 0.340 e. The molecule has 0 spiro atoms. The molecule has 0 fully saturated rings. The number of alkyl halides is 5. The van der Waals surface area contributed by atoms with E-state index >= 15 is 0 Å². The standard InChI is InChI=1S/C20H19F5N4O3S/c1-4-33(31,32)17-8-14(28(3)12(2)30)9-27-18(17)15-7-13-5-6-29(16(13)10-26-15)11-19(21,22)20(23,24)25/h5-10H,4,11H2,1-3H3. The van der Waals surface area contributed by atoms with Crippen LogP contribution in [0.25, 0.3) is 22.3 Å². The van der Waals surface area contributed by atoms with Crippen LogP contribution in [0.15, 0.2) is 41.7 Å². The number of halogens is 5. The highest BCUT2D eigenvalue weighted by molar-refractivity contribution is 7.91. The molecule has 0 bridgehead atoms. The predicted molar refractivity (Wildman–Crippen MR) is 111 cm³/mol. The summed E-state index contributed by atoms with van der Waals surface area (Å²) in [6.45, 7) is 1.10. The van der Waals surface area contributed by atoms with Crippen molar-refractivity contribution in [2.24, 2.45) is 0 Å². The molecule has 0 N–H and O–H groups in total. The number of aromatic nitrogens is 3. The molecule has 0 saturated heterocycles. The molecular formula is C20H19F5N4O3S. The topological polar surface area (TPSA) is 85.2 Å². The first kappa shape index (κ1) is 24.6. The maximum Gasteiger partial charge on any atom is 0.455 e. The quantitative estimate of drug-likeness (QED) is 0.487. The first-order valence-corrected chi connectivity index (χ1v) is 11.2. The number of fused-ring (bicyclic) bond motifs is 1. The van der Waals surface area contributed by atoms with Crippen LogP contribution in [-0.2, 0) is 21.2 Å². The average molecular weight is 490 g/mol. The summed E-state index contributed by atoms with van der Waals surface area (Å²) in [5.74, 6) is -5.55. The third-order valence-corrected chi connectivity index (χ3v) is 6.84. The minimum atomic E-state index is -5.71. The lowest BCUT2D eigenvalue weighted by Crippen LogP contribution is -2.40. The van der Waals surface area contributed by atoms with E-state index in [1.807, 2.05) is 0 Å². The molecule has 0 aliphatic rings. The molecule has 13 heteroatoms. The van der Waals surface area contributed by atoms with Crippen molar-refractivity contribution in [3.8, 4) is 11.4 Å². The fraction of sp³-hybridized carbons (Fsp3) is 0.350. The zero-order valence-corrected chi connectivity index (χ0v) is 18.5. The fourth-order valence-corrected chi connectivity index (χ4v) is 4.11. The molecule has 0 aliphatic heterocycles. The summed E-state index contributed by atoms with van der Waals surface area (Å²) >= 11 is 0. The maximum absolute atomic E-state index is 13.5. The maximum atomic E-state index is 13.5. The zero-order chi connectivity index (χ0) is 24.8. The molecule has 0 unspecified atom stereocenters. The molecule has 3 rings (SSSR count). The Balaban J connectivity index is 2.11. The number of hydrogen-bond donors (Lipinski definition) is 0. The summed E-state index contributed by atoms with van der Waals surface area (Å²) in [5.41, 5.74) is 0.287. The molecule has 0 aromatic carbocycles. The second kappa shape index (κ2) is 8.36. The second-order valence-corrected chi connectivity index (χ2v) is 9.54. The molecule has 0 radical (unpaired) electrons. The molecule has 178 valence electrons. The summed E-state index contributed by atoms with van der Waals surface area (Å²) in [5, 5.41) is 0.268. The van der Waals surface area contributed by atoms with Crippen LogP contribution in [0.2, 0.25) is 0 Å². The van der Waals surface area contributed by atoms with Gasteiger partial charge < -0.3 is 9.47 Å². The normalized spacial score (nSPS) is 12.8. The van der Waals surface area contributed by atoms with Gasteiger partial charge in [-0.05, 0) is 18.2 Å². The molecule has 33 heavy (non-hydrogen) atoms. The number of carbonyl (C=O) groups excluding carboxylic acids is 1. The van der Waals surface area contributed by atoms with E-state index in [-0.39, 0.29) is 44.5 Å². The number of nitrogens with zero attached hydrogens (tertiary/aromatic N) is 4. The second-order valence-electron chi connectivity index (χ2n) is 7.30. The molecule has 7 nitrogen and oxygen atoms in total. The van der Waals surface area contributed by atoms with E-state index in [1.54, 1.807) is 0 Å². The first-order valence-electron chi connectivity index (χ1n) is 9.55. The van der Waals surface area contributed by atoms with Gasteiger partial charge in [-0.25, -0.2) is 8.42 Å². The van der Waals surface area contributed by atoms with Gasteiger partial charge in [0.1, 0.15) is 5.69 Å². The van der Waals surface area contributed by atoms with E-state index in [9.17, 15) is 35.2 Å². The number of sulfone groups is 1. The van der Waals surface area contributed by atoms with Crippen molar-refractivity contribution in [2.75, 3.05) is 17.7 Å². The van der Waals surface area contributed by atoms with Gasteiger partial charge in [-0.1, -0.05) is 6.92 Å². The van der Waals surface area contributed by atoms with Gasteiger partial charge in [0.25, 0.3) is 0 Å². The van der Waals surface area contributed by atoms with E-state index in [2.05, 4.69) is 9.97 Å². The van der Waals surface area contributed by atoms with Gasteiger partial charge in [0, 0.05) is 25.6 Å². The molecule has 0 aliphatic carbocycles. The average Bonchev–Trinajstić information content (AvgIpc) is 3.13. The van der Waals surface area contributed by atoms with Crippen LogP contribution in [0, 0.1) is 0 Å². The van der Waals surface area contributed by atoms with Crippen molar-refractivity contribution >= 4 is 32.3 Å². The number of rotatable bonds is 6. The van der Waals surface area contributed by atoms with Crippen molar-refractivity contribution in [1.29, 1.82) is 0 Å². The molecule has 3 heterocycles.